The van der Waals surface area contributed by atoms with Gasteiger partial charge < -0.3 is 14.6 Å². The highest BCUT2D eigenvalue weighted by Gasteiger charge is 2.23. The molecular weight excluding hydrogens is 470 g/mol. The summed E-state index contributed by atoms with van der Waals surface area (Å²) in [5.74, 6) is 0.143. The van der Waals surface area contributed by atoms with Gasteiger partial charge in [-0.2, -0.15) is 0 Å². The lowest BCUT2D eigenvalue weighted by Crippen LogP contribution is -2.16. The first-order chi connectivity index (χ1) is 16.6. The molecule has 10 heteroatoms. The number of rotatable bonds is 9. The van der Waals surface area contributed by atoms with Crippen molar-refractivity contribution in [3.63, 3.8) is 0 Å². The predicted molar refractivity (Wildman–Crippen MR) is 134 cm³/mol. The van der Waals surface area contributed by atoms with E-state index in [1.54, 1.807) is 19.3 Å². The number of pyridine rings is 1. The van der Waals surface area contributed by atoms with Crippen molar-refractivity contribution in [1.82, 2.24) is 19.7 Å². The number of thioether (sulfide) groups is 1. The van der Waals surface area contributed by atoms with E-state index in [2.05, 4.69) is 20.5 Å². The number of carbonyl (C=O) groups excluding carboxylic acids is 2. The largest absolute Gasteiger partial charge is 0.462 e. The molecule has 0 radical (unpaired) electrons. The molecule has 1 aromatic carbocycles. The van der Waals surface area contributed by atoms with Crippen molar-refractivity contribution in [2.45, 2.75) is 25.5 Å². The van der Waals surface area contributed by atoms with E-state index in [-0.39, 0.29) is 18.3 Å². The van der Waals surface area contributed by atoms with Gasteiger partial charge in [-0.25, -0.2) is 4.79 Å². The molecule has 0 saturated heterocycles. The van der Waals surface area contributed by atoms with Crippen LogP contribution < -0.4 is 5.32 Å². The first-order valence-electron chi connectivity index (χ1n) is 10.7. The molecule has 0 unspecified atom stereocenters. The van der Waals surface area contributed by atoms with Crippen LogP contribution in [0, 0.1) is 0 Å². The molecule has 0 aliphatic carbocycles. The van der Waals surface area contributed by atoms with Gasteiger partial charge in [-0.15, -0.1) is 21.5 Å². The van der Waals surface area contributed by atoms with Gasteiger partial charge in [0.05, 0.1) is 12.4 Å². The van der Waals surface area contributed by atoms with Crippen LogP contribution in [0.3, 0.4) is 0 Å². The van der Waals surface area contributed by atoms with Gasteiger partial charge in [0.2, 0.25) is 5.91 Å². The van der Waals surface area contributed by atoms with Gasteiger partial charge >= 0.3 is 5.97 Å². The van der Waals surface area contributed by atoms with Crippen molar-refractivity contribution < 1.29 is 14.3 Å². The van der Waals surface area contributed by atoms with Gasteiger partial charge in [-0.1, -0.05) is 42.1 Å². The molecule has 34 heavy (non-hydrogen) atoms. The normalized spacial score (nSPS) is 10.8. The Bertz CT molecular complexity index is 1270. The molecule has 0 fully saturated rings. The van der Waals surface area contributed by atoms with Crippen molar-refractivity contribution >= 4 is 40.0 Å². The Kier molecular flexibility index (Phi) is 7.71. The minimum absolute atomic E-state index is 0.120. The number of nitrogens with one attached hydrogen (secondary N) is 1. The predicted octanol–water partition coefficient (Wildman–Crippen LogP) is 5.00. The van der Waals surface area contributed by atoms with E-state index in [1.807, 2.05) is 59.3 Å². The molecule has 174 valence electrons. The maximum absolute atomic E-state index is 12.8. The Morgan fingerprint density at radius 2 is 1.82 bits per heavy atom. The number of nitrogens with zero attached hydrogens (tertiary/aromatic N) is 4. The number of thiophene rings is 1. The molecule has 0 aliphatic rings. The van der Waals surface area contributed by atoms with Gasteiger partial charge in [-0.05, 0) is 31.5 Å². The zero-order valence-electron chi connectivity index (χ0n) is 18.7. The van der Waals surface area contributed by atoms with Gasteiger partial charge in [0.1, 0.15) is 10.6 Å². The van der Waals surface area contributed by atoms with E-state index >= 15 is 0 Å². The lowest BCUT2D eigenvalue weighted by molar-refractivity contribution is -0.113. The van der Waals surface area contributed by atoms with Crippen molar-refractivity contribution in [3.05, 3.63) is 65.8 Å². The number of ether oxygens (including phenoxy) is 1. The summed E-state index contributed by atoms with van der Waals surface area (Å²) < 4.78 is 7.21. The Morgan fingerprint density at radius 1 is 1.06 bits per heavy atom. The monoisotopic (exact) mass is 493 g/mol. The first-order valence-corrected chi connectivity index (χ1v) is 12.6. The molecule has 1 amide bonds. The van der Waals surface area contributed by atoms with Gasteiger partial charge in [-0.3, -0.25) is 9.78 Å². The van der Waals surface area contributed by atoms with Crippen molar-refractivity contribution in [1.29, 1.82) is 0 Å². The minimum atomic E-state index is -0.460. The molecule has 4 aromatic rings. The smallest absolute Gasteiger partial charge is 0.341 e. The summed E-state index contributed by atoms with van der Waals surface area (Å²) in [5, 5.41) is 14.4. The zero-order valence-corrected chi connectivity index (χ0v) is 20.4. The second-order valence-electron chi connectivity index (χ2n) is 7.06. The maximum Gasteiger partial charge on any atom is 0.341 e. The second kappa shape index (κ2) is 11.1. The summed E-state index contributed by atoms with van der Waals surface area (Å²) in [6.45, 7) is 4.66. The highest BCUT2D eigenvalue weighted by Crippen LogP contribution is 2.36. The third kappa shape index (κ3) is 5.18. The SMILES string of the molecule is CCOC(=O)c1c(-c2ccccc2)csc1NC(=O)CSc1nnc(-c2ccncc2)n1CC. The molecule has 0 aliphatic heterocycles. The Morgan fingerprint density at radius 3 is 2.53 bits per heavy atom. The standard InChI is InChI=1S/C24H23N5O3S2/c1-3-29-21(17-10-12-25-13-11-17)27-28-24(29)34-15-19(30)26-22-20(23(31)32-4-2)18(14-33-22)16-8-6-5-7-9-16/h5-14H,3-4,15H2,1-2H3,(H,26,30). The third-order valence-electron chi connectivity index (χ3n) is 4.91. The topological polar surface area (TPSA) is 99.0 Å². The van der Waals surface area contributed by atoms with Gasteiger partial charge in [0, 0.05) is 35.4 Å². The van der Waals surface area contributed by atoms with Crippen LogP contribution in [-0.4, -0.2) is 44.0 Å². The first kappa shape index (κ1) is 23.7. The van der Waals surface area contributed by atoms with E-state index in [0.29, 0.717) is 22.3 Å². The van der Waals surface area contributed by atoms with Crippen LogP contribution in [0.15, 0.2) is 65.4 Å². The third-order valence-corrected chi connectivity index (χ3v) is 6.77. The molecule has 4 rings (SSSR count). The lowest BCUT2D eigenvalue weighted by atomic mass is 10.0. The number of aromatic nitrogens is 4. The molecule has 1 N–H and O–H groups in total. The number of carbonyl (C=O) groups is 2. The fraction of sp³-hybridized carbons (Fsp3) is 0.208. The molecule has 0 saturated carbocycles. The van der Waals surface area contributed by atoms with E-state index in [4.69, 9.17) is 4.74 Å². The maximum atomic E-state index is 12.8. The molecule has 0 spiro atoms. The molecular formula is C24H23N5O3S2. The average molecular weight is 494 g/mol. The molecule has 0 bridgehead atoms. The number of amides is 1. The van der Waals surface area contributed by atoms with Crippen molar-refractivity contribution in [2.75, 3.05) is 17.7 Å². The Labute approximate surface area is 205 Å². The van der Waals surface area contributed by atoms with Crippen LogP contribution in [0.25, 0.3) is 22.5 Å². The summed E-state index contributed by atoms with van der Waals surface area (Å²) in [5.41, 5.74) is 2.90. The van der Waals surface area contributed by atoms with Crippen molar-refractivity contribution in [3.8, 4) is 22.5 Å². The highest BCUT2D eigenvalue weighted by atomic mass is 32.2. The fourth-order valence-electron chi connectivity index (χ4n) is 3.37. The van der Waals surface area contributed by atoms with Gasteiger partial charge in [0.25, 0.3) is 0 Å². The number of anilines is 1. The van der Waals surface area contributed by atoms with Gasteiger partial charge in [0.15, 0.2) is 11.0 Å². The number of hydrogen-bond acceptors (Lipinski definition) is 8. The summed E-state index contributed by atoms with van der Waals surface area (Å²) in [7, 11) is 0. The van der Waals surface area contributed by atoms with Crippen LogP contribution in [0.5, 0.6) is 0 Å². The summed E-state index contributed by atoms with van der Waals surface area (Å²) >= 11 is 2.60. The summed E-state index contributed by atoms with van der Waals surface area (Å²) in [6.07, 6.45) is 3.41. The Hall–Kier alpha value is -3.50. The molecule has 3 aromatic heterocycles. The van der Waals surface area contributed by atoms with E-state index in [1.165, 1.54) is 23.1 Å². The number of esters is 1. The summed E-state index contributed by atoms with van der Waals surface area (Å²) in [4.78, 5) is 29.5. The Balaban J connectivity index is 1.50. The van der Waals surface area contributed by atoms with Crippen LogP contribution in [0.1, 0.15) is 24.2 Å². The second-order valence-corrected chi connectivity index (χ2v) is 8.89. The fourth-order valence-corrected chi connectivity index (χ4v) is 5.15. The highest BCUT2D eigenvalue weighted by molar-refractivity contribution is 7.99. The van der Waals surface area contributed by atoms with Crippen LogP contribution in [-0.2, 0) is 16.1 Å². The average Bonchev–Trinajstić information content (AvgIpc) is 3.48. The minimum Gasteiger partial charge on any atom is -0.462 e. The van der Waals surface area contributed by atoms with E-state index in [0.717, 1.165) is 22.5 Å². The van der Waals surface area contributed by atoms with E-state index in [9.17, 15) is 9.59 Å². The molecule has 8 nitrogen and oxygen atoms in total. The molecule has 3 heterocycles. The van der Waals surface area contributed by atoms with Crippen molar-refractivity contribution in [2.24, 2.45) is 0 Å². The lowest BCUT2D eigenvalue weighted by Gasteiger charge is -2.09. The molecule has 0 atom stereocenters. The quantitative estimate of drug-likeness (QED) is 0.259. The van der Waals surface area contributed by atoms with Crippen LogP contribution in [0.2, 0.25) is 0 Å². The summed E-state index contributed by atoms with van der Waals surface area (Å²) in [6, 6.07) is 13.3. The number of hydrogen-bond donors (Lipinski definition) is 1. The number of benzene rings is 1. The van der Waals surface area contributed by atoms with E-state index < -0.39 is 5.97 Å². The zero-order chi connectivity index (χ0) is 23.9. The van der Waals surface area contributed by atoms with Crippen LogP contribution in [0.4, 0.5) is 5.00 Å². The van der Waals surface area contributed by atoms with Crippen LogP contribution >= 0.6 is 23.1 Å².